The van der Waals surface area contributed by atoms with Crippen molar-refractivity contribution in [2.75, 3.05) is 0 Å². The highest BCUT2D eigenvalue weighted by molar-refractivity contribution is 7.89. The van der Waals surface area contributed by atoms with Gasteiger partial charge in [-0.05, 0) is 13.8 Å². The fraction of sp³-hybridized carbons (Fsp3) is 0.455. The van der Waals surface area contributed by atoms with Crippen LogP contribution in [0, 0.1) is 19.3 Å². The molecule has 19 heavy (non-hydrogen) atoms. The lowest BCUT2D eigenvalue weighted by molar-refractivity contribution is -0.138. The van der Waals surface area contributed by atoms with Crippen molar-refractivity contribution < 1.29 is 18.3 Å². The van der Waals surface area contributed by atoms with E-state index in [4.69, 9.17) is 11.5 Å². The SMILES string of the molecule is C#CCC(NS(=O)(=O)c1cn(CC)c(C)n1)C(=O)O. The highest BCUT2D eigenvalue weighted by atomic mass is 32.2. The van der Waals surface area contributed by atoms with Crippen molar-refractivity contribution in [3.05, 3.63) is 12.0 Å². The van der Waals surface area contributed by atoms with Crippen LogP contribution in [0.25, 0.3) is 0 Å². The molecule has 1 atom stereocenters. The zero-order valence-electron chi connectivity index (χ0n) is 10.6. The maximum atomic E-state index is 12.0. The van der Waals surface area contributed by atoms with Crippen molar-refractivity contribution in [3.8, 4) is 12.3 Å². The molecule has 0 saturated carbocycles. The zero-order valence-corrected chi connectivity index (χ0v) is 11.4. The van der Waals surface area contributed by atoms with Gasteiger partial charge in [0.1, 0.15) is 11.9 Å². The minimum atomic E-state index is -4.00. The number of hydrogen-bond acceptors (Lipinski definition) is 4. The molecule has 0 saturated heterocycles. The average Bonchev–Trinajstić information content (AvgIpc) is 2.70. The largest absolute Gasteiger partial charge is 0.480 e. The maximum Gasteiger partial charge on any atom is 0.322 e. The molecular formula is C11H15N3O4S. The number of terminal acetylenes is 1. The Balaban J connectivity index is 3.03. The van der Waals surface area contributed by atoms with Crippen LogP contribution >= 0.6 is 0 Å². The Morgan fingerprint density at radius 2 is 2.32 bits per heavy atom. The van der Waals surface area contributed by atoms with Crippen LogP contribution in [0.3, 0.4) is 0 Å². The van der Waals surface area contributed by atoms with Gasteiger partial charge in [-0.2, -0.15) is 4.72 Å². The van der Waals surface area contributed by atoms with Gasteiger partial charge in [0.05, 0.1) is 0 Å². The van der Waals surface area contributed by atoms with Gasteiger partial charge in [0.25, 0.3) is 10.0 Å². The van der Waals surface area contributed by atoms with Gasteiger partial charge < -0.3 is 9.67 Å². The molecule has 0 aliphatic heterocycles. The van der Waals surface area contributed by atoms with E-state index in [2.05, 4.69) is 10.9 Å². The molecule has 1 unspecified atom stereocenters. The first kappa shape index (κ1) is 15.2. The monoisotopic (exact) mass is 285 g/mol. The minimum Gasteiger partial charge on any atom is -0.480 e. The van der Waals surface area contributed by atoms with Gasteiger partial charge in [0.2, 0.25) is 0 Å². The Hall–Kier alpha value is -1.85. The molecule has 1 rings (SSSR count). The molecule has 0 bridgehead atoms. The Bertz CT molecular complexity index is 612. The predicted molar refractivity (Wildman–Crippen MR) is 67.8 cm³/mol. The minimum absolute atomic E-state index is 0.213. The Morgan fingerprint density at radius 3 is 2.74 bits per heavy atom. The highest BCUT2D eigenvalue weighted by Crippen LogP contribution is 2.10. The highest BCUT2D eigenvalue weighted by Gasteiger charge is 2.26. The number of aromatic nitrogens is 2. The number of carboxylic acids is 1. The molecule has 0 spiro atoms. The Kier molecular flexibility index (Phi) is 4.69. The molecule has 104 valence electrons. The normalized spacial score (nSPS) is 12.9. The number of nitrogens with zero attached hydrogens (tertiary/aromatic N) is 2. The predicted octanol–water partition coefficient (Wildman–Crippen LogP) is -0.0338. The van der Waals surface area contributed by atoms with E-state index in [9.17, 15) is 13.2 Å². The lowest BCUT2D eigenvalue weighted by Gasteiger charge is -2.10. The van der Waals surface area contributed by atoms with Crippen LogP contribution in [-0.2, 0) is 21.4 Å². The van der Waals surface area contributed by atoms with E-state index in [1.54, 1.807) is 11.5 Å². The van der Waals surface area contributed by atoms with Crippen molar-refractivity contribution in [1.29, 1.82) is 0 Å². The number of aliphatic carboxylic acids is 1. The number of nitrogens with one attached hydrogen (secondary N) is 1. The van der Waals surface area contributed by atoms with Crippen LogP contribution in [-0.4, -0.2) is 35.1 Å². The molecule has 0 radical (unpaired) electrons. The number of sulfonamides is 1. The lowest BCUT2D eigenvalue weighted by atomic mass is 10.2. The molecular weight excluding hydrogens is 270 g/mol. The van der Waals surface area contributed by atoms with Gasteiger partial charge in [-0.1, -0.05) is 0 Å². The number of hydrogen-bond donors (Lipinski definition) is 2. The molecule has 1 aromatic heterocycles. The summed E-state index contributed by atoms with van der Waals surface area (Å²) in [5.74, 6) is 1.33. The third-order valence-corrected chi connectivity index (χ3v) is 3.83. The molecule has 8 heteroatoms. The summed E-state index contributed by atoms with van der Waals surface area (Å²) in [6.45, 7) is 4.08. The number of rotatable bonds is 6. The maximum absolute atomic E-state index is 12.0. The van der Waals surface area contributed by atoms with Crippen molar-refractivity contribution in [3.63, 3.8) is 0 Å². The third-order valence-electron chi connectivity index (χ3n) is 2.49. The van der Waals surface area contributed by atoms with Crippen molar-refractivity contribution in [2.24, 2.45) is 0 Å². The third kappa shape index (κ3) is 3.56. The van der Waals surface area contributed by atoms with Gasteiger partial charge in [-0.25, -0.2) is 13.4 Å². The second kappa shape index (κ2) is 5.86. The summed E-state index contributed by atoms with van der Waals surface area (Å²) in [6.07, 6.45) is 6.13. The van der Waals surface area contributed by atoms with Crippen molar-refractivity contribution >= 4 is 16.0 Å². The zero-order chi connectivity index (χ0) is 14.6. The van der Waals surface area contributed by atoms with Crippen molar-refractivity contribution in [1.82, 2.24) is 14.3 Å². The Morgan fingerprint density at radius 1 is 1.68 bits per heavy atom. The standard InChI is InChI=1S/C11H15N3O4S/c1-4-6-9(11(15)16)13-19(17,18)10-7-14(5-2)8(3)12-10/h1,7,9,13H,5-6H2,2-3H3,(H,15,16). The number of carbonyl (C=O) groups is 1. The van der Waals surface area contributed by atoms with Crippen LogP contribution in [0.5, 0.6) is 0 Å². The van der Waals surface area contributed by atoms with Gasteiger partial charge in [0.15, 0.2) is 5.03 Å². The molecule has 1 heterocycles. The fourth-order valence-electron chi connectivity index (χ4n) is 1.47. The molecule has 2 N–H and O–H groups in total. The second-order valence-electron chi connectivity index (χ2n) is 3.83. The summed E-state index contributed by atoms with van der Waals surface area (Å²) < 4.78 is 27.6. The lowest BCUT2D eigenvalue weighted by Crippen LogP contribution is -2.40. The fourth-order valence-corrected chi connectivity index (χ4v) is 2.67. The van der Waals surface area contributed by atoms with E-state index in [-0.39, 0.29) is 11.4 Å². The molecule has 0 aromatic carbocycles. The van der Waals surface area contributed by atoms with E-state index < -0.39 is 22.0 Å². The molecule has 0 aliphatic rings. The Labute approximate surface area is 111 Å². The average molecular weight is 285 g/mol. The summed E-state index contributed by atoms with van der Waals surface area (Å²) in [5, 5.41) is 8.66. The smallest absolute Gasteiger partial charge is 0.322 e. The topological polar surface area (TPSA) is 101 Å². The van der Waals surface area contributed by atoms with Crippen LogP contribution in [0.4, 0.5) is 0 Å². The summed E-state index contributed by atoms with van der Waals surface area (Å²) in [4.78, 5) is 14.8. The van der Waals surface area contributed by atoms with Gasteiger partial charge in [-0.3, -0.25) is 4.79 Å². The summed E-state index contributed by atoms with van der Waals surface area (Å²) in [6, 6.07) is -1.36. The van der Waals surface area contributed by atoms with Crippen molar-refractivity contribution in [2.45, 2.75) is 37.9 Å². The summed E-state index contributed by atoms with van der Waals surface area (Å²) >= 11 is 0. The summed E-state index contributed by atoms with van der Waals surface area (Å²) in [5.41, 5.74) is 0. The number of carboxylic acid groups (broad SMARTS) is 1. The van der Waals surface area contributed by atoms with Crippen LogP contribution in [0.15, 0.2) is 11.2 Å². The quantitative estimate of drug-likeness (QED) is 0.714. The molecule has 1 aromatic rings. The summed E-state index contributed by atoms with van der Waals surface area (Å²) in [7, 11) is -4.00. The molecule has 7 nitrogen and oxygen atoms in total. The first-order valence-corrected chi connectivity index (χ1v) is 7.02. The van der Waals surface area contributed by atoms with Crippen LogP contribution < -0.4 is 4.72 Å². The first-order valence-electron chi connectivity index (χ1n) is 5.54. The first-order chi connectivity index (χ1) is 8.81. The second-order valence-corrected chi connectivity index (χ2v) is 5.49. The van der Waals surface area contributed by atoms with Gasteiger partial charge in [0, 0.05) is 19.2 Å². The molecule has 0 amide bonds. The molecule has 0 aliphatic carbocycles. The van der Waals surface area contributed by atoms with E-state index >= 15 is 0 Å². The van der Waals surface area contributed by atoms with Gasteiger partial charge in [-0.15, -0.1) is 12.3 Å². The number of aryl methyl sites for hydroxylation is 2. The van der Waals surface area contributed by atoms with Crippen LogP contribution in [0.1, 0.15) is 19.2 Å². The van der Waals surface area contributed by atoms with E-state index in [0.29, 0.717) is 12.4 Å². The number of imidazole rings is 1. The van der Waals surface area contributed by atoms with Gasteiger partial charge >= 0.3 is 5.97 Å². The van der Waals surface area contributed by atoms with E-state index in [1.807, 2.05) is 11.6 Å². The van der Waals surface area contributed by atoms with E-state index in [1.165, 1.54) is 6.20 Å². The van der Waals surface area contributed by atoms with Crippen LogP contribution in [0.2, 0.25) is 0 Å². The molecule has 0 fully saturated rings. The van der Waals surface area contributed by atoms with E-state index in [0.717, 1.165) is 0 Å².